The molecule has 0 spiro atoms. The quantitative estimate of drug-likeness (QED) is 0.435. The molecule has 148 valence electrons. The Morgan fingerprint density at radius 1 is 1.14 bits per heavy atom. The number of halogens is 3. The summed E-state index contributed by atoms with van der Waals surface area (Å²) in [6, 6.07) is 8.45. The number of aliphatic hydroxyl groups excluding tert-OH is 1. The summed E-state index contributed by atoms with van der Waals surface area (Å²) < 4.78 is 59.8. The van der Waals surface area contributed by atoms with E-state index in [0.29, 0.717) is 26.2 Å². The lowest BCUT2D eigenvalue weighted by Crippen LogP contribution is -2.03. The molecule has 2 aromatic rings. The first-order chi connectivity index (χ1) is 13.2. The molecule has 1 aliphatic heterocycles. The molecule has 5 nitrogen and oxygen atoms in total. The van der Waals surface area contributed by atoms with Gasteiger partial charge in [-0.25, -0.2) is 4.39 Å². The average molecular weight is 520 g/mol. The summed E-state index contributed by atoms with van der Waals surface area (Å²) in [5.74, 6) is -0.293. The van der Waals surface area contributed by atoms with Crippen LogP contribution in [-0.2, 0) is 17.1 Å². The van der Waals surface area contributed by atoms with Crippen LogP contribution in [0.2, 0.25) is 0 Å². The zero-order valence-corrected chi connectivity index (χ0v) is 17.5. The third-order valence-corrected chi connectivity index (χ3v) is 5.91. The van der Waals surface area contributed by atoms with Gasteiger partial charge in [-0.15, -0.1) is 0 Å². The SMILES string of the molecule is Cc1cc(C2=CC=IC(O)=C2)cc(F)c1COc1ccc(OS(=O)(=O)F)cc1. The molecular formula is C19H15F2IO5S. The van der Waals surface area contributed by atoms with Gasteiger partial charge in [-0.1, -0.05) is 9.95 Å². The van der Waals surface area contributed by atoms with Gasteiger partial charge in [0, 0.05) is 5.56 Å². The number of hydrogen-bond donors (Lipinski definition) is 1. The molecule has 1 aliphatic rings. The van der Waals surface area contributed by atoms with Gasteiger partial charge in [0.25, 0.3) is 0 Å². The first-order valence-electron chi connectivity index (χ1n) is 7.95. The third-order valence-electron chi connectivity index (χ3n) is 3.85. The van der Waals surface area contributed by atoms with Crippen molar-refractivity contribution < 1.29 is 30.7 Å². The molecule has 0 unspecified atom stereocenters. The van der Waals surface area contributed by atoms with Crippen LogP contribution >= 0.6 is 20.7 Å². The Kier molecular flexibility index (Phi) is 6.14. The van der Waals surface area contributed by atoms with Crippen LogP contribution < -0.4 is 8.92 Å². The van der Waals surface area contributed by atoms with E-state index in [9.17, 15) is 21.8 Å². The molecule has 28 heavy (non-hydrogen) atoms. The van der Waals surface area contributed by atoms with Crippen LogP contribution in [0.25, 0.3) is 5.57 Å². The summed E-state index contributed by atoms with van der Waals surface area (Å²) in [7, 11) is -5.09. The minimum atomic E-state index is -5.09. The zero-order valence-electron chi connectivity index (χ0n) is 14.5. The lowest BCUT2D eigenvalue weighted by Gasteiger charge is -2.13. The van der Waals surface area contributed by atoms with Crippen molar-refractivity contribution >= 4 is 40.8 Å². The molecule has 0 radical (unpaired) electrons. The van der Waals surface area contributed by atoms with Gasteiger partial charge in [0.15, 0.2) is 0 Å². The highest BCUT2D eigenvalue weighted by atomic mass is 127. The van der Waals surface area contributed by atoms with Gasteiger partial charge in [0.05, 0.1) is 0 Å². The Morgan fingerprint density at radius 3 is 2.43 bits per heavy atom. The molecule has 0 saturated heterocycles. The third kappa shape index (κ3) is 5.38. The second-order valence-electron chi connectivity index (χ2n) is 5.81. The zero-order chi connectivity index (χ0) is 20.3. The fourth-order valence-corrected chi connectivity index (χ4v) is 4.33. The number of rotatable bonds is 6. The van der Waals surface area contributed by atoms with E-state index < -0.39 is 37.1 Å². The summed E-state index contributed by atoms with van der Waals surface area (Å²) in [4.78, 5) is 0. The van der Waals surface area contributed by atoms with Gasteiger partial charge < -0.3 is 14.0 Å². The average Bonchev–Trinajstić information content (AvgIpc) is 2.61. The maximum absolute atomic E-state index is 14.6. The van der Waals surface area contributed by atoms with E-state index in [1.54, 1.807) is 13.0 Å². The molecule has 0 aliphatic carbocycles. The van der Waals surface area contributed by atoms with Crippen LogP contribution in [0.3, 0.4) is 0 Å². The maximum Gasteiger partial charge on any atom is 0.488 e. The fraction of sp³-hybridized carbons (Fsp3) is 0.105. The number of ether oxygens (including phenoxy) is 1. The Labute approximate surface area is 171 Å². The molecule has 1 heterocycles. The first-order valence-corrected chi connectivity index (χ1v) is 11.6. The largest absolute Gasteiger partial charge is 0.503 e. The number of aryl methyl sites for hydroxylation is 1. The monoisotopic (exact) mass is 520 g/mol. The summed E-state index contributed by atoms with van der Waals surface area (Å²) in [6.45, 7) is 1.72. The predicted octanol–water partition coefficient (Wildman–Crippen LogP) is 4.88. The Balaban J connectivity index is 1.73. The van der Waals surface area contributed by atoms with Gasteiger partial charge >= 0.3 is 10.5 Å². The lowest BCUT2D eigenvalue weighted by molar-refractivity contribution is 0.298. The van der Waals surface area contributed by atoms with Crippen molar-refractivity contribution in [3.63, 3.8) is 0 Å². The van der Waals surface area contributed by atoms with Crippen molar-refractivity contribution in [3.05, 3.63) is 74.8 Å². The second kappa shape index (κ2) is 8.39. The van der Waals surface area contributed by atoms with Gasteiger partial charge in [0.2, 0.25) is 0 Å². The normalized spacial score (nSPS) is 14.0. The molecular weight excluding hydrogens is 505 g/mol. The Hall–Kier alpha value is -2.27. The van der Waals surface area contributed by atoms with Crippen LogP contribution in [-0.4, -0.2) is 17.5 Å². The molecule has 3 rings (SSSR count). The maximum atomic E-state index is 14.6. The molecule has 2 aromatic carbocycles. The van der Waals surface area contributed by atoms with Crippen LogP contribution in [0.5, 0.6) is 11.5 Å². The highest BCUT2D eigenvalue weighted by Crippen LogP contribution is 2.28. The number of allylic oxidation sites excluding steroid dienone is 3. The number of benzene rings is 2. The summed E-state index contributed by atoms with van der Waals surface area (Å²) in [5.41, 5.74) is 2.47. The fourth-order valence-electron chi connectivity index (χ4n) is 2.54. The second-order valence-corrected chi connectivity index (χ2v) is 9.21. The molecule has 0 aromatic heterocycles. The first kappa shape index (κ1) is 20.5. The molecule has 0 atom stereocenters. The van der Waals surface area contributed by atoms with Crippen molar-refractivity contribution in [1.29, 1.82) is 0 Å². The van der Waals surface area contributed by atoms with Gasteiger partial charge in [0.1, 0.15) is 27.7 Å². The Morgan fingerprint density at radius 2 is 1.82 bits per heavy atom. The lowest BCUT2D eigenvalue weighted by atomic mass is 9.99. The topological polar surface area (TPSA) is 72.8 Å². The number of aliphatic hydroxyl groups is 1. The Bertz CT molecular complexity index is 1070. The minimum absolute atomic E-state index is 0.0443. The molecule has 0 fully saturated rings. The smallest absolute Gasteiger partial charge is 0.488 e. The molecule has 0 saturated carbocycles. The van der Waals surface area contributed by atoms with Crippen LogP contribution in [0, 0.1) is 12.7 Å². The van der Waals surface area contributed by atoms with Crippen molar-refractivity contribution in [2.75, 3.05) is 0 Å². The van der Waals surface area contributed by atoms with E-state index in [0.717, 1.165) is 5.57 Å². The number of hydrogen-bond acceptors (Lipinski definition) is 5. The van der Waals surface area contributed by atoms with Crippen molar-refractivity contribution in [2.24, 2.45) is 0 Å². The molecule has 0 bridgehead atoms. The van der Waals surface area contributed by atoms with Crippen molar-refractivity contribution in [2.45, 2.75) is 13.5 Å². The molecule has 0 amide bonds. The van der Waals surface area contributed by atoms with Gasteiger partial charge in [-0.3, -0.25) is 0 Å². The standard InChI is InChI=1S/C19H15F2IO5S/c1-12-8-14(13-6-7-22-19(23)10-13)9-18(20)17(12)11-26-15-2-4-16(5-3-15)27-28(21,24)25/h2-10,23H,11H2,1H3. The van der Waals surface area contributed by atoms with Gasteiger partial charge in [-0.05, 0) is 90.9 Å². The molecule has 9 heteroatoms. The highest BCUT2D eigenvalue weighted by molar-refractivity contribution is 14.2. The predicted molar refractivity (Wildman–Crippen MR) is 111 cm³/mol. The van der Waals surface area contributed by atoms with Crippen molar-refractivity contribution in [1.82, 2.24) is 0 Å². The summed E-state index contributed by atoms with van der Waals surface area (Å²) in [5, 5.41) is 9.69. The molecule has 1 N–H and O–H groups in total. The van der Waals surface area contributed by atoms with Gasteiger partial charge in [-0.2, -0.15) is 8.42 Å². The highest BCUT2D eigenvalue weighted by Gasteiger charge is 2.13. The van der Waals surface area contributed by atoms with Crippen LogP contribution in [0.15, 0.2) is 52.3 Å². The van der Waals surface area contributed by atoms with Crippen molar-refractivity contribution in [3.8, 4) is 11.5 Å². The van der Waals surface area contributed by atoms with E-state index in [-0.39, 0.29) is 12.4 Å². The minimum Gasteiger partial charge on any atom is -0.503 e. The van der Waals surface area contributed by atoms with Crippen LogP contribution in [0.1, 0.15) is 16.7 Å². The van der Waals surface area contributed by atoms with E-state index in [1.165, 1.54) is 30.3 Å². The van der Waals surface area contributed by atoms with E-state index >= 15 is 0 Å². The summed E-state index contributed by atoms with van der Waals surface area (Å²) >= 11 is -0.494. The van der Waals surface area contributed by atoms with Crippen LogP contribution in [0.4, 0.5) is 8.28 Å². The summed E-state index contributed by atoms with van der Waals surface area (Å²) in [6.07, 6.45) is 3.53. The van der Waals surface area contributed by atoms with E-state index in [4.69, 9.17) is 4.74 Å². The van der Waals surface area contributed by atoms with E-state index in [2.05, 4.69) is 4.18 Å². The van der Waals surface area contributed by atoms with E-state index in [1.807, 2.05) is 16.2 Å².